The van der Waals surface area contributed by atoms with Gasteiger partial charge in [0.2, 0.25) is 0 Å². The molecular formula is C80H94BN3. The lowest BCUT2D eigenvalue weighted by atomic mass is 9.33. The summed E-state index contributed by atoms with van der Waals surface area (Å²) in [5.41, 5.74) is 26.6. The topological polar surface area (TPSA) is 9.72 Å². The Kier molecular flexibility index (Phi) is 13.3. The van der Waals surface area contributed by atoms with Crippen LogP contribution in [-0.4, -0.2) is 12.3 Å². The van der Waals surface area contributed by atoms with Crippen LogP contribution in [0.25, 0.3) is 22.3 Å². The maximum Gasteiger partial charge on any atom is 0.252 e. The number of hydrogen-bond acceptors (Lipinski definition) is 3. The number of nitrogens with zero attached hydrogens (tertiary/aromatic N) is 3. The molecule has 3 unspecified atom stereocenters. The fraction of sp³-hybridized carbons (Fsp3) is 0.400. The quantitative estimate of drug-likeness (QED) is 0.159. The minimum absolute atomic E-state index is 0.00312. The Bertz CT molecular complexity index is 3880. The van der Waals surface area contributed by atoms with Crippen LogP contribution in [0.15, 0.2) is 164 Å². The first-order valence-electron chi connectivity index (χ1n) is 31.6. The van der Waals surface area contributed by atoms with Crippen LogP contribution in [0.3, 0.4) is 0 Å². The smallest absolute Gasteiger partial charge is 0.252 e. The van der Waals surface area contributed by atoms with Gasteiger partial charge in [-0.3, -0.25) is 0 Å². The average Bonchev–Trinajstić information content (AvgIpc) is 1.29. The first-order valence-corrected chi connectivity index (χ1v) is 31.6. The van der Waals surface area contributed by atoms with E-state index in [1.54, 1.807) is 0 Å². The molecule has 4 aliphatic rings. The molecule has 8 aromatic rings. The van der Waals surface area contributed by atoms with E-state index in [4.69, 9.17) is 0 Å². The summed E-state index contributed by atoms with van der Waals surface area (Å²) in [6, 6.07) is 65.1. The van der Waals surface area contributed by atoms with Crippen molar-refractivity contribution in [2.75, 3.05) is 14.7 Å². The lowest BCUT2D eigenvalue weighted by Crippen LogP contribution is -2.62. The predicted octanol–water partition coefficient (Wildman–Crippen LogP) is 20.6. The molecule has 1 saturated carbocycles. The summed E-state index contributed by atoms with van der Waals surface area (Å²) in [5.74, 6) is 0.584. The zero-order valence-electron chi connectivity index (χ0n) is 54.7. The van der Waals surface area contributed by atoms with E-state index in [-0.39, 0.29) is 50.2 Å². The molecule has 1 fully saturated rings. The fourth-order valence-corrected chi connectivity index (χ4v) is 15.0. The summed E-state index contributed by atoms with van der Waals surface area (Å²) >= 11 is 0. The third-order valence-electron chi connectivity index (χ3n) is 20.7. The molecule has 0 spiro atoms. The molecule has 3 atom stereocenters. The second-order valence-electron chi connectivity index (χ2n) is 32.5. The van der Waals surface area contributed by atoms with Crippen molar-refractivity contribution in [2.24, 2.45) is 11.3 Å². The van der Waals surface area contributed by atoms with E-state index in [0.29, 0.717) is 5.92 Å². The van der Waals surface area contributed by atoms with Crippen molar-refractivity contribution in [3.8, 4) is 22.3 Å². The van der Waals surface area contributed by atoms with Crippen LogP contribution < -0.4 is 31.1 Å². The van der Waals surface area contributed by atoms with Crippen molar-refractivity contribution < 1.29 is 0 Å². The molecule has 84 heavy (non-hydrogen) atoms. The van der Waals surface area contributed by atoms with Crippen LogP contribution in [0.4, 0.5) is 45.5 Å². The minimum atomic E-state index is -0.239. The van der Waals surface area contributed by atoms with Crippen LogP contribution in [0, 0.1) is 11.3 Å². The first-order chi connectivity index (χ1) is 39.2. The van der Waals surface area contributed by atoms with Gasteiger partial charge in [-0.15, -0.1) is 0 Å². The zero-order valence-corrected chi connectivity index (χ0v) is 54.7. The highest BCUT2D eigenvalue weighted by Crippen LogP contribution is 2.65. The normalized spacial score (nSPS) is 19.6. The van der Waals surface area contributed by atoms with E-state index >= 15 is 0 Å². The molecule has 432 valence electrons. The molecule has 0 aromatic heterocycles. The van der Waals surface area contributed by atoms with E-state index in [1.807, 2.05) is 0 Å². The van der Waals surface area contributed by atoms with Crippen molar-refractivity contribution in [3.05, 3.63) is 197 Å². The SMILES string of the molecule is CC(C)(C)c1ccc2c(c1)B1c3ccc(C(C)(C)C)cc3N(c3ccc(C(C)(C)C)cc3-c3ccccc3)c3cc(N4c5ccc(C(C)(C)C)cc5C5(C)CC(C(C)(C)C)CCC45C)cc(c31)N2c1ccc(C(C)(C)C)cc1-c1ccccc1. The molecule has 0 N–H and O–H groups in total. The van der Waals surface area contributed by atoms with Gasteiger partial charge in [-0.1, -0.05) is 241 Å². The van der Waals surface area contributed by atoms with Crippen LogP contribution in [0.1, 0.15) is 191 Å². The molecule has 0 radical (unpaired) electrons. The zero-order chi connectivity index (χ0) is 60.2. The molecule has 8 aromatic carbocycles. The van der Waals surface area contributed by atoms with Crippen LogP contribution in [-0.2, 0) is 32.5 Å². The number of benzene rings is 8. The molecular weight excluding hydrogens is 1010 g/mol. The summed E-state index contributed by atoms with van der Waals surface area (Å²) in [4.78, 5) is 8.31. The summed E-state index contributed by atoms with van der Waals surface area (Å²) in [7, 11) is 0. The summed E-state index contributed by atoms with van der Waals surface area (Å²) in [6.45, 7) is 48.2. The third kappa shape index (κ3) is 9.38. The number of anilines is 8. The van der Waals surface area contributed by atoms with Gasteiger partial charge in [0.1, 0.15) is 0 Å². The van der Waals surface area contributed by atoms with E-state index in [9.17, 15) is 0 Å². The standard InChI is InChI=1S/C80H94BN3/c1-73(2,3)53-32-37-65(60(43-53)51-27-23-21-24-28-51)82-68-40-35-56(76(10,11)12)46-64(68)81-63-36-31-57(77(13,14)15)47-69(63)83(66-38-33-54(74(4,5)6)44-61(66)52-29-25-22-26-30-52)71-49-59(48-70(82)72(71)81)84-67-39-34-55(75(7,8)9)45-62(67)79(19)50-58(78(16,17)18)41-42-80(79,84)20/h21-40,43-49,58H,41-42,50H2,1-20H3. The maximum absolute atomic E-state index is 2.87. The van der Waals surface area contributed by atoms with Gasteiger partial charge in [-0.05, 0) is 180 Å². The number of hydrogen-bond donors (Lipinski definition) is 0. The predicted molar refractivity (Wildman–Crippen MR) is 366 cm³/mol. The Labute approximate surface area is 507 Å². The molecule has 1 aliphatic carbocycles. The highest BCUT2D eigenvalue weighted by molar-refractivity contribution is 7.00. The van der Waals surface area contributed by atoms with Crippen molar-refractivity contribution in [1.29, 1.82) is 0 Å². The first kappa shape index (κ1) is 57.6. The molecule has 4 heteroatoms. The molecule has 3 nitrogen and oxygen atoms in total. The number of fused-ring (bicyclic) bond motifs is 7. The Balaban J connectivity index is 1.27. The van der Waals surface area contributed by atoms with Crippen molar-refractivity contribution in [3.63, 3.8) is 0 Å². The summed E-state index contributed by atoms with van der Waals surface area (Å²) < 4.78 is 0. The molecule has 0 saturated heterocycles. The van der Waals surface area contributed by atoms with Crippen molar-refractivity contribution >= 4 is 68.6 Å². The maximum atomic E-state index is 2.87. The van der Waals surface area contributed by atoms with Gasteiger partial charge in [-0.25, -0.2) is 0 Å². The lowest BCUT2D eigenvalue weighted by Gasteiger charge is -2.55. The van der Waals surface area contributed by atoms with Crippen LogP contribution in [0.2, 0.25) is 0 Å². The van der Waals surface area contributed by atoms with E-state index in [1.165, 1.54) is 124 Å². The number of rotatable bonds is 5. The van der Waals surface area contributed by atoms with Crippen LogP contribution in [0.5, 0.6) is 0 Å². The third-order valence-corrected chi connectivity index (χ3v) is 20.7. The van der Waals surface area contributed by atoms with Crippen LogP contribution >= 0.6 is 0 Å². The van der Waals surface area contributed by atoms with Gasteiger partial charge in [-0.2, -0.15) is 0 Å². The second kappa shape index (κ2) is 19.4. The Morgan fingerprint density at radius 2 is 0.810 bits per heavy atom. The Hall–Kier alpha value is -6.78. The van der Waals surface area contributed by atoms with E-state index in [0.717, 1.165) is 12.8 Å². The van der Waals surface area contributed by atoms with Crippen molar-refractivity contribution in [1.82, 2.24) is 0 Å². The van der Waals surface area contributed by atoms with Gasteiger partial charge in [0, 0.05) is 50.7 Å². The molecule has 12 rings (SSSR count). The highest BCUT2D eigenvalue weighted by atomic mass is 15.3. The lowest BCUT2D eigenvalue weighted by molar-refractivity contribution is 0.0786. The second-order valence-corrected chi connectivity index (χ2v) is 32.5. The molecule has 0 amide bonds. The van der Waals surface area contributed by atoms with E-state index < -0.39 is 0 Å². The summed E-state index contributed by atoms with van der Waals surface area (Å²) in [5, 5.41) is 0. The minimum Gasteiger partial charge on any atom is -0.334 e. The monoisotopic (exact) mass is 1110 g/mol. The van der Waals surface area contributed by atoms with Gasteiger partial charge >= 0.3 is 0 Å². The summed E-state index contributed by atoms with van der Waals surface area (Å²) in [6.07, 6.45) is 3.40. The van der Waals surface area contributed by atoms with Gasteiger partial charge < -0.3 is 14.7 Å². The average molecular weight is 1110 g/mol. The molecule has 3 heterocycles. The van der Waals surface area contributed by atoms with Gasteiger partial charge in [0.05, 0.1) is 16.9 Å². The molecule has 3 aliphatic heterocycles. The Morgan fingerprint density at radius 3 is 1.29 bits per heavy atom. The molecule has 0 bridgehead atoms. The highest BCUT2D eigenvalue weighted by Gasteiger charge is 2.61. The van der Waals surface area contributed by atoms with E-state index in [2.05, 4.69) is 317 Å². The largest absolute Gasteiger partial charge is 0.334 e. The van der Waals surface area contributed by atoms with Crippen molar-refractivity contribution in [2.45, 2.75) is 196 Å². The van der Waals surface area contributed by atoms with Gasteiger partial charge in [0.25, 0.3) is 6.71 Å². The Morgan fingerprint density at radius 1 is 0.393 bits per heavy atom. The fourth-order valence-electron chi connectivity index (χ4n) is 15.0. The van der Waals surface area contributed by atoms with Gasteiger partial charge in [0.15, 0.2) is 0 Å².